The van der Waals surface area contributed by atoms with Gasteiger partial charge in [-0.15, -0.1) is 0 Å². The number of rotatable bonds is 6. The molecule has 1 unspecified atom stereocenters. The number of fused-ring (bicyclic) bond motifs is 1. The van der Waals surface area contributed by atoms with Crippen LogP contribution in [-0.2, 0) is 16.3 Å². The number of nitrogens with zero attached hydrogens (tertiary/aromatic N) is 3. The van der Waals surface area contributed by atoms with E-state index >= 15 is 8.78 Å². The lowest BCUT2D eigenvalue weighted by Crippen LogP contribution is -2.32. The van der Waals surface area contributed by atoms with Crippen LogP contribution in [0.2, 0.25) is 0 Å². The highest BCUT2D eigenvalue weighted by atomic mass is 32.2. The molecule has 5 rings (SSSR count). The Balaban J connectivity index is 1.36. The molecule has 1 fully saturated rings. The van der Waals surface area contributed by atoms with E-state index in [1.54, 1.807) is 27.0 Å². The third-order valence-electron chi connectivity index (χ3n) is 8.09. The molecule has 1 aromatic heterocycles. The first-order chi connectivity index (χ1) is 18.8. The zero-order valence-electron chi connectivity index (χ0n) is 23.7. The Morgan fingerprint density at radius 1 is 0.975 bits per heavy atom. The average molecular weight is 570 g/mol. The number of anilines is 4. The first kappa shape index (κ1) is 28.4. The van der Waals surface area contributed by atoms with Gasteiger partial charge in [0.25, 0.3) is 0 Å². The maximum absolute atomic E-state index is 15.0. The van der Waals surface area contributed by atoms with Crippen molar-refractivity contribution in [3.8, 4) is 0 Å². The van der Waals surface area contributed by atoms with E-state index in [4.69, 9.17) is 0 Å². The number of aromatic nitrogens is 2. The van der Waals surface area contributed by atoms with Gasteiger partial charge in [-0.3, -0.25) is 0 Å². The van der Waals surface area contributed by atoms with Crippen LogP contribution >= 0.6 is 0 Å². The van der Waals surface area contributed by atoms with E-state index in [0.29, 0.717) is 17.9 Å². The van der Waals surface area contributed by atoms with Crippen molar-refractivity contribution in [2.45, 2.75) is 69.3 Å². The number of hydrogen-bond donors (Lipinski definition) is 2. The summed E-state index contributed by atoms with van der Waals surface area (Å²) in [4.78, 5) is 11.0. The van der Waals surface area contributed by atoms with Crippen LogP contribution in [0.4, 0.5) is 31.9 Å². The fourth-order valence-electron chi connectivity index (χ4n) is 5.63. The van der Waals surface area contributed by atoms with Crippen molar-refractivity contribution in [1.82, 2.24) is 14.9 Å². The molecular weight excluding hydrogens is 532 g/mol. The minimum Gasteiger partial charge on any atom is -0.340 e. The molecule has 2 aromatic carbocycles. The molecule has 0 bridgehead atoms. The molecule has 0 radical (unpaired) electrons. The number of halogens is 2. The first-order valence-corrected chi connectivity index (χ1v) is 15.3. The number of nitrogens with one attached hydrogen (secondary N) is 2. The second-order valence-corrected chi connectivity index (χ2v) is 14.9. The number of piperidine rings is 1. The molecule has 40 heavy (non-hydrogen) atoms. The molecule has 1 saturated heterocycles. The van der Waals surface area contributed by atoms with Crippen LogP contribution in [-0.4, -0.2) is 48.2 Å². The topological polar surface area (TPSA) is 87.2 Å². The molecule has 0 saturated carbocycles. The van der Waals surface area contributed by atoms with E-state index < -0.39 is 31.5 Å². The number of likely N-dealkylation sites (tertiary alicyclic amines) is 1. The normalized spacial score (nSPS) is 18.5. The minimum atomic E-state index is -3.38. The standard InChI is InChI=1S/C30H37F2N5O2S/c1-18-17-33-29(35-22-15-24(31)27(25(32)16-22)20-10-12-37(5)13-11-20)36-28(18)34-21-8-6-19-7-9-26(23(19)14-21)40(38,39)30(2,3)4/h6,8,14-17,20,26H,7,9-13H2,1-5H3,(H2,33,34,35,36). The van der Waals surface area contributed by atoms with Gasteiger partial charge in [-0.2, -0.15) is 4.98 Å². The predicted molar refractivity (Wildman–Crippen MR) is 155 cm³/mol. The molecule has 10 heteroatoms. The van der Waals surface area contributed by atoms with Crippen LogP contribution in [0.5, 0.6) is 0 Å². The lowest BCUT2D eigenvalue weighted by Gasteiger charge is -2.29. The van der Waals surface area contributed by atoms with Gasteiger partial charge in [0, 0.05) is 28.7 Å². The summed E-state index contributed by atoms with van der Waals surface area (Å²) in [5.74, 6) is -0.578. The van der Waals surface area contributed by atoms with Crippen LogP contribution < -0.4 is 10.6 Å². The van der Waals surface area contributed by atoms with Crippen LogP contribution in [0.3, 0.4) is 0 Å². The van der Waals surface area contributed by atoms with Gasteiger partial charge >= 0.3 is 0 Å². The third kappa shape index (κ3) is 5.56. The Morgan fingerprint density at radius 2 is 1.65 bits per heavy atom. The highest BCUT2D eigenvalue weighted by molar-refractivity contribution is 7.93. The predicted octanol–water partition coefficient (Wildman–Crippen LogP) is 6.56. The smallest absolute Gasteiger partial charge is 0.229 e. The lowest BCUT2D eigenvalue weighted by atomic mass is 9.88. The van der Waals surface area contributed by atoms with Crippen molar-refractivity contribution in [1.29, 1.82) is 0 Å². The van der Waals surface area contributed by atoms with Gasteiger partial charge in [0.2, 0.25) is 5.95 Å². The van der Waals surface area contributed by atoms with Crippen LogP contribution in [0, 0.1) is 18.6 Å². The van der Waals surface area contributed by atoms with Crippen molar-refractivity contribution >= 4 is 33.0 Å². The summed E-state index contributed by atoms with van der Waals surface area (Å²) in [6.45, 7) is 8.69. The molecule has 214 valence electrons. The molecule has 3 aromatic rings. The summed E-state index contributed by atoms with van der Waals surface area (Å²) in [6, 6.07) is 8.35. The molecule has 2 heterocycles. The Hall–Kier alpha value is -3.11. The van der Waals surface area contributed by atoms with E-state index in [1.165, 1.54) is 12.1 Å². The third-order valence-corrected chi connectivity index (χ3v) is 11.0. The van der Waals surface area contributed by atoms with Crippen molar-refractivity contribution in [2.24, 2.45) is 0 Å². The molecule has 0 amide bonds. The molecule has 7 nitrogen and oxygen atoms in total. The number of hydrogen-bond acceptors (Lipinski definition) is 7. The fraction of sp³-hybridized carbons (Fsp3) is 0.467. The minimum absolute atomic E-state index is 0.137. The van der Waals surface area contributed by atoms with Gasteiger partial charge in [-0.05, 0) is 115 Å². The van der Waals surface area contributed by atoms with Gasteiger partial charge in [0.1, 0.15) is 17.5 Å². The van der Waals surface area contributed by atoms with Crippen LogP contribution in [0.25, 0.3) is 0 Å². The van der Waals surface area contributed by atoms with E-state index in [2.05, 4.69) is 25.5 Å². The quantitative estimate of drug-likeness (QED) is 0.348. The molecule has 0 spiro atoms. The monoisotopic (exact) mass is 569 g/mol. The van der Waals surface area contributed by atoms with E-state index in [9.17, 15) is 8.42 Å². The van der Waals surface area contributed by atoms with E-state index in [0.717, 1.165) is 49.0 Å². The van der Waals surface area contributed by atoms with Gasteiger partial charge in [-0.25, -0.2) is 22.2 Å². The van der Waals surface area contributed by atoms with Crippen molar-refractivity contribution in [3.63, 3.8) is 0 Å². The molecule has 1 aliphatic heterocycles. The van der Waals surface area contributed by atoms with Gasteiger partial charge in [0.05, 0.1) is 10.00 Å². The van der Waals surface area contributed by atoms with Crippen molar-refractivity contribution in [2.75, 3.05) is 30.8 Å². The Labute approximate surface area is 235 Å². The Morgan fingerprint density at radius 3 is 2.30 bits per heavy atom. The lowest BCUT2D eigenvalue weighted by molar-refractivity contribution is 0.250. The Bertz CT molecular complexity index is 1510. The zero-order valence-corrected chi connectivity index (χ0v) is 24.5. The second-order valence-electron chi connectivity index (χ2n) is 12.0. The van der Waals surface area contributed by atoms with Crippen LogP contribution in [0.15, 0.2) is 36.5 Å². The second kappa shape index (κ2) is 10.7. The zero-order chi connectivity index (χ0) is 28.8. The highest BCUT2D eigenvalue weighted by Crippen LogP contribution is 2.43. The number of sulfone groups is 1. The fourth-order valence-corrected chi connectivity index (χ4v) is 7.47. The summed E-state index contributed by atoms with van der Waals surface area (Å²) in [7, 11) is -1.36. The first-order valence-electron chi connectivity index (χ1n) is 13.7. The number of aryl methyl sites for hydroxylation is 2. The molecule has 1 atom stereocenters. The molecule has 2 N–H and O–H groups in total. The average Bonchev–Trinajstić information content (AvgIpc) is 3.30. The summed E-state index contributed by atoms with van der Waals surface area (Å²) < 4.78 is 55.7. The highest BCUT2D eigenvalue weighted by Gasteiger charge is 2.41. The molecule has 1 aliphatic carbocycles. The van der Waals surface area contributed by atoms with Crippen LogP contribution in [0.1, 0.15) is 73.5 Å². The largest absolute Gasteiger partial charge is 0.340 e. The summed E-state index contributed by atoms with van der Waals surface area (Å²) >= 11 is 0. The maximum Gasteiger partial charge on any atom is 0.229 e. The molecular formula is C30H37F2N5O2S. The van der Waals surface area contributed by atoms with Crippen molar-refractivity contribution < 1.29 is 17.2 Å². The van der Waals surface area contributed by atoms with Gasteiger partial charge in [-0.1, -0.05) is 6.07 Å². The van der Waals surface area contributed by atoms with E-state index in [-0.39, 0.29) is 23.1 Å². The summed E-state index contributed by atoms with van der Waals surface area (Å²) in [6.07, 6.45) is 4.36. The SMILES string of the molecule is Cc1cnc(Nc2cc(F)c(C3CCN(C)CC3)c(F)c2)nc1Nc1ccc2c(c1)C(S(=O)(=O)C(C)(C)C)CC2. The van der Waals surface area contributed by atoms with Crippen molar-refractivity contribution in [3.05, 3.63) is 70.4 Å². The van der Waals surface area contributed by atoms with Gasteiger partial charge < -0.3 is 15.5 Å². The summed E-state index contributed by atoms with van der Waals surface area (Å²) in [5.41, 5.74) is 3.71. The van der Waals surface area contributed by atoms with E-state index in [1.807, 2.05) is 32.2 Å². The maximum atomic E-state index is 15.0. The van der Waals surface area contributed by atoms with Gasteiger partial charge in [0.15, 0.2) is 9.84 Å². The number of benzene rings is 2. The molecule has 2 aliphatic rings. The summed E-state index contributed by atoms with van der Waals surface area (Å²) in [5, 5.41) is 5.66. The Kier molecular flexibility index (Phi) is 7.60.